The summed E-state index contributed by atoms with van der Waals surface area (Å²) in [6, 6.07) is 7.24. The smallest absolute Gasteiger partial charge is 0.321 e. The molecule has 4 heteroatoms. The zero-order valence-corrected chi connectivity index (χ0v) is 9.85. The molecule has 0 aliphatic carbocycles. The number of carboxylic acid groups (broad SMARTS) is 1. The summed E-state index contributed by atoms with van der Waals surface area (Å²) in [5, 5.41) is 12.1. The first-order valence-electron chi connectivity index (χ1n) is 5.91. The Bertz CT molecular complexity index is 405. The summed E-state index contributed by atoms with van der Waals surface area (Å²) in [6.07, 6.45) is 0.854. The van der Waals surface area contributed by atoms with Crippen LogP contribution in [0.2, 0.25) is 0 Å². The van der Waals surface area contributed by atoms with Gasteiger partial charge < -0.3 is 15.2 Å². The Labute approximate surface area is 101 Å². The van der Waals surface area contributed by atoms with E-state index in [0.717, 1.165) is 24.3 Å². The number of carbonyl (C=O) groups is 1. The highest BCUT2D eigenvalue weighted by molar-refractivity contribution is 5.75. The van der Waals surface area contributed by atoms with E-state index < -0.39 is 12.0 Å². The normalized spacial score (nSPS) is 23.6. The van der Waals surface area contributed by atoms with Gasteiger partial charge in [0.1, 0.15) is 11.8 Å². The molecule has 1 aliphatic heterocycles. The molecule has 1 aromatic rings. The first kappa shape index (κ1) is 11.9. The molecule has 0 aromatic heterocycles. The van der Waals surface area contributed by atoms with Gasteiger partial charge in [0, 0.05) is 5.92 Å². The van der Waals surface area contributed by atoms with Crippen LogP contribution in [-0.4, -0.2) is 30.3 Å². The molecule has 4 nitrogen and oxygen atoms in total. The summed E-state index contributed by atoms with van der Waals surface area (Å²) < 4.78 is 5.43. The van der Waals surface area contributed by atoms with E-state index in [4.69, 9.17) is 9.84 Å². The van der Waals surface area contributed by atoms with E-state index >= 15 is 0 Å². The Morgan fingerprint density at radius 3 is 3.12 bits per heavy atom. The summed E-state index contributed by atoms with van der Waals surface area (Å²) >= 11 is 0. The van der Waals surface area contributed by atoms with Crippen LogP contribution in [-0.2, 0) is 4.79 Å². The molecule has 0 saturated carbocycles. The van der Waals surface area contributed by atoms with Crippen molar-refractivity contribution in [3.05, 3.63) is 29.8 Å². The summed E-state index contributed by atoms with van der Waals surface area (Å²) in [4.78, 5) is 11.1. The van der Waals surface area contributed by atoms with Crippen LogP contribution in [0.15, 0.2) is 24.3 Å². The van der Waals surface area contributed by atoms with Crippen LogP contribution in [0.5, 0.6) is 5.75 Å². The van der Waals surface area contributed by atoms with Gasteiger partial charge in [0.05, 0.1) is 6.61 Å². The number of hydrogen-bond acceptors (Lipinski definition) is 3. The maximum atomic E-state index is 11.1. The molecule has 1 heterocycles. The highest BCUT2D eigenvalue weighted by atomic mass is 16.5. The standard InChI is InChI=1S/C13H17NO3/c1-2-17-10-5-3-4-9(8-10)11-6-7-14-12(11)13(15)16/h3-5,8,11-12,14H,2,6-7H2,1H3,(H,15,16). The van der Waals surface area contributed by atoms with Crippen LogP contribution in [0.1, 0.15) is 24.8 Å². The molecule has 2 N–H and O–H groups in total. The fraction of sp³-hybridized carbons (Fsp3) is 0.462. The highest BCUT2D eigenvalue weighted by Gasteiger charge is 2.33. The van der Waals surface area contributed by atoms with Gasteiger partial charge in [-0.3, -0.25) is 4.79 Å². The molecule has 0 radical (unpaired) electrons. The maximum absolute atomic E-state index is 11.1. The highest BCUT2D eigenvalue weighted by Crippen LogP contribution is 2.30. The number of carboxylic acids is 1. The molecule has 2 rings (SSSR count). The van der Waals surface area contributed by atoms with Gasteiger partial charge >= 0.3 is 5.97 Å². The molecule has 0 amide bonds. The second kappa shape index (κ2) is 5.19. The summed E-state index contributed by atoms with van der Waals surface area (Å²) in [7, 11) is 0. The van der Waals surface area contributed by atoms with Crippen molar-refractivity contribution in [1.82, 2.24) is 5.32 Å². The van der Waals surface area contributed by atoms with Gasteiger partial charge in [-0.05, 0) is 37.6 Å². The van der Waals surface area contributed by atoms with Gasteiger partial charge in [0.25, 0.3) is 0 Å². The van der Waals surface area contributed by atoms with Gasteiger partial charge in [-0.2, -0.15) is 0 Å². The van der Waals surface area contributed by atoms with Crippen LogP contribution in [0.4, 0.5) is 0 Å². The Morgan fingerprint density at radius 1 is 1.59 bits per heavy atom. The van der Waals surface area contributed by atoms with Gasteiger partial charge in [0.2, 0.25) is 0 Å². The Kier molecular flexibility index (Phi) is 3.64. The van der Waals surface area contributed by atoms with E-state index in [2.05, 4.69) is 5.32 Å². The average molecular weight is 235 g/mol. The molecule has 1 saturated heterocycles. The van der Waals surface area contributed by atoms with E-state index in [9.17, 15) is 4.79 Å². The number of nitrogens with one attached hydrogen (secondary N) is 1. The molecule has 0 spiro atoms. The minimum Gasteiger partial charge on any atom is -0.494 e. The minimum absolute atomic E-state index is 0.0351. The van der Waals surface area contributed by atoms with Crippen molar-refractivity contribution in [3.8, 4) is 5.75 Å². The Hall–Kier alpha value is -1.55. The average Bonchev–Trinajstić information content (AvgIpc) is 2.79. The molecule has 92 valence electrons. The predicted octanol–water partition coefficient (Wildman–Crippen LogP) is 1.62. The van der Waals surface area contributed by atoms with Crippen molar-refractivity contribution in [2.24, 2.45) is 0 Å². The van der Waals surface area contributed by atoms with Crippen molar-refractivity contribution < 1.29 is 14.6 Å². The molecular weight excluding hydrogens is 218 g/mol. The van der Waals surface area contributed by atoms with Gasteiger partial charge in [-0.15, -0.1) is 0 Å². The Morgan fingerprint density at radius 2 is 2.41 bits per heavy atom. The topological polar surface area (TPSA) is 58.6 Å². The zero-order chi connectivity index (χ0) is 12.3. The molecule has 1 fully saturated rings. The first-order chi connectivity index (χ1) is 8.22. The summed E-state index contributed by atoms with van der Waals surface area (Å²) in [5.74, 6) is 0.0586. The van der Waals surface area contributed by atoms with Crippen LogP contribution >= 0.6 is 0 Å². The van der Waals surface area contributed by atoms with Crippen LogP contribution in [0, 0.1) is 0 Å². The first-order valence-corrected chi connectivity index (χ1v) is 5.91. The number of ether oxygens (including phenoxy) is 1. The van der Waals surface area contributed by atoms with Crippen molar-refractivity contribution in [3.63, 3.8) is 0 Å². The van der Waals surface area contributed by atoms with Crippen LogP contribution in [0.3, 0.4) is 0 Å². The van der Waals surface area contributed by atoms with Crippen LogP contribution in [0.25, 0.3) is 0 Å². The maximum Gasteiger partial charge on any atom is 0.321 e. The van der Waals surface area contributed by atoms with E-state index in [0.29, 0.717) is 6.61 Å². The third-order valence-corrected chi connectivity index (χ3v) is 3.09. The summed E-state index contributed by atoms with van der Waals surface area (Å²) in [6.45, 7) is 3.30. The lowest BCUT2D eigenvalue weighted by Crippen LogP contribution is -2.34. The van der Waals surface area contributed by atoms with E-state index in [1.165, 1.54) is 0 Å². The van der Waals surface area contributed by atoms with Gasteiger partial charge in [0.15, 0.2) is 0 Å². The summed E-state index contributed by atoms with van der Waals surface area (Å²) in [5.41, 5.74) is 1.04. The lowest BCUT2D eigenvalue weighted by atomic mass is 9.92. The largest absolute Gasteiger partial charge is 0.494 e. The van der Waals surface area contributed by atoms with E-state index in [1.807, 2.05) is 31.2 Å². The van der Waals surface area contributed by atoms with Crippen molar-refractivity contribution in [2.45, 2.75) is 25.3 Å². The van der Waals surface area contributed by atoms with Crippen molar-refractivity contribution in [2.75, 3.05) is 13.2 Å². The van der Waals surface area contributed by atoms with E-state index in [-0.39, 0.29) is 5.92 Å². The van der Waals surface area contributed by atoms with Crippen LogP contribution < -0.4 is 10.1 Å². The quantitative estimate of drug-likeness (QED) is 0.832. The number of hydrogen-bond donors (Lipinski definition) is 2. The fourth-order valence-electron chi connectivity index (χ4n) is 2.32. The second-order valence-corrected chi connectivity index (χ2v) is 4.17. The number of benzene rings is 1. The molecule has 17 heavy (non-hydrogen) atoms. The number of rotatable bonds is 4. The monoisotopic (exact) mass is 235 g/mol. The third kappa shape index (κ3) is 2.58. The minimum atomic E-state index is -0.783. The van der Waals surface area contributed by atoms with Crippen molar-refractivity contribution >= 4 is 5.97 Å². The SMILES string of the molecule is CCOc1cccc(C2CCNC2C(=O)O)c1. The fourth-order valence-corrected chi connectivity index (χ4v) is 2.32. The molecule has 1 aliphatic rings. The van der Waals surface area contributed by atoms with Gasteiger partial charge in [-0.1, -0.05) is 12.1 Å². The molecule has 2 atom stereocenters. The lowest BCUT2D eigenvalue weighted by Gasteiger charge is -2.16. The lowest BCUT2D eigenvalue weighted by molar-refractivity contribution is -0.139. The van der Waals surface area contributed by atoms with Crippen molar-refractivity contribution in [1.29, 1.82) is 0 Å². The molecule has 0 bridgehead atoms. The molecule has 1 aromatic carbocycles. The van der Waals surface area contributed by atoms with E-state index in [1.54, 1.807) is 0 Å². The second-order valence-electron chi connectivity index (χ2n) is 4.17. The molecular formula is C13H17NO3. The molecule has 2 unspecified atom stereocenters. The zero-order valence-electron chi connectivity index (χ0n) is 9.85. The van der Waals surface area contributed by atoms with Gasteiger partial charge in [-0.25, -0.2) is 0 Å². The third-order valence-electron chi connectivity index (χ3n) is 3.09. The number of aliphatic carboxylic acids is 1. The predicted molar refractivity (Wildman–Crippen MR) is 64.4 cm³/mol. The Balaban J connectivity index is 2.21.